The van der Waals surface area contributed by atoms with Crippen molar-refractivity contribution in [2.24, 2.45) is 0 Å². The molecule has 4 nitrogen and oxygen atoms in total. The van der Waals surface area contributed by atoms with E-state index in [1.165, 1.54) is 12.1 Å². The summed E-state index contributed by atoms with van der Waals surface area (Å²) in [4.78, 5) is 10.8. The van der Waals surface area contributed by atoms with Gasteiger partial charge in [0.05, 0.1) is 5.60 Å². The van der Waals surface area contributed by atoms with Crippen molar-refractivity contribution in [1.29, 1.82) is 0 Å². The fourth-order valence-corrected chi connectivity index (χ4v) is 4.46. The molecule has 0 aliphatic carbocycles. The summed E-state index contributed by atoms with van der Waals surface area (Å²) in [6.45, 7) is 1.90. The molecule has 1 aromatic heterocycles. The number of aliphatic hydroxyl groups is 1. The zero-order valence-electron chi connectivity index (χ0n) is 13.4. The van der Waals surface area contributed by atoms with E-state index in [2.05, 4.69) is 14.9 Å². The summed E-state index contributed by atoms with van der Waals surface area (Å²) in [6, 6.07) is 8.55. The minimum atomic E-state index is -0.915. The molecule has 2 fully saturated rings. The Hall–Kier alpha value is -1.72. The number of benzene rings is 1. The van der Waals surface area contributed by atoms with Crippen LogP contribution in [0, 0.1) is 12.7 Å². The molecule has 126 valence electrons. The zero-order valence-corrected chi connectivity index (χ0v) is 14.2. The van der Waals surface area contributed by atoms with Gasteiger partial charge in [-0.2, -0.15) is 0 Å². The van der Waals surface area contributed by atoms with Crippen LogP contribution in [0.2, 0.25) is 5.28 Å². The Morgan fingerprint density at radius 2 is 1.79 bits per heavy atom. The Balaban J connectivity index is 1.65. The average molecular weight is 348 g/mol. The van der Waals surface area contributed by atoms with Crippen molar-refractivity contribution in [3.8, 4) is 0 Å². The summed E-state index contributed by atoms with van der Waals surface area (Å²) >= 11 is 6.02. The van der Waals surface area contributed by atoms with Crippen molar-refractivity contribution in [2.45, 2.75) is 50.3 Å². The van der Waals surface area contributed by atoms with Gasteiger partial charge in [0, 0.05) is 36.7 Å². The fraction of sp³-hybridized carbons (Fsp3) is 0.444. The quantitative estimate of drug-likeness (QED) is 0.843. The number of halogens is 2. The van der Waals surface area contributed by atoms with Crippen LogP contribution in [0.1, 0.15) is 36.9 Å². The Bertz CT molecular complexity index is 733. The normalized spacial score (nSPS) is 29.1. The lowest BCUT2D eigenvalue weighted by molar-refractivity contribution is -0.00323. The van der Waals surface area contributed by atoms with Crippen molar-refractivity contribution >= 4 is 17.4 Å². The first-order chi connectivity index (χ1) is 11.4. The zero-order chi connectivity index (χ0) is 16.9. The molecule has 2 aliphatic heterocycles. The molecule has 2 aliphatic rings. The maximum Gasteiger partial charge on any atom is 0.224 e. The summed E-state index contributed by atoms with van der Waals surface area (Å²) in [5.74, 6) is 0.551. The van der Waals surface area contributed by atoms with Gasteiger partial charge in [-0.15, -0.1) is 0 Å². The van der Waals surface area contributed by atoms with Crippen LogP contribution in [0.3, 0.4) is 0 Å². The van der Waals surface area contributed by atoms with Gasteiger partial charge < -0.3 is 10.0 Å². The van der Waals surface area contributed by atoms with E-state index in [0.717, 1.165) is 29.9 Å². The van der Waals surface area contributed by atoms with Crippen LogP contribution in [-0.4, -0.2) is 27.2 Å². The third-order valence-corrected chi connectivity index (χ3v) is 5.40. The lowest BCUT2D eigenvalue weighted by Crippen LogP contribution is -2.50. The number of aromatic nitrogens is 2. The Labute approximate surface area is 145 Å². The molecule has 0 spiro atoms. The second kappa shape index (κ2) is 5.67. The Morgan fingerprint density at radius 3 is 2.38 bits per heavy atom. The van der Waals surface area contributed by atoms with Gasteiger partial charge in [-0.3, -0.25) is 0 Å². The molecule has 2 atom stereocenters. The smallest absolute Gasteiger partial charge is 0.224 e. The van der Waals surface area contributed by atoms with Gasteiger partial charge in [-0.1, -0.05) is 12.1 Å². The van der Waals surface area contributed by atoms with Gasteiger partial charge in [-0.05, 0) is 49.1 Å². The van der Waals surface area contributed by atoms with E-state index in [4.69, 9.17) is 11.6 Å². The van der Waals surface area contributed by atoms with E-state index in [9.17, 15) is 9.50 Å². The number of hydrogen-bond donors (Lipinski definition) is 1. The molecule has 3 heterocycles. The van der Waals surface area contributed by atoms with Crippen LogP contribution in [-0.2, 0) is 5.60 Å². The maximum absolute atomic E-state index is 13.2. The second-order valence-electron chi connectivity index (χ2n) is 6.88. The Morgan fingerprint density at radius 1 is 1.17 bits per heavy atom. The number of piperidine rings is 1. The standard InChI is InChI=1S/C18H19ClFN3O/c1-11-8-16(22-17(19)21-11)23-14-6-7-15(23)10-18(24,9-14)12-2-4-13(20)5-3-12/h2-5,8,14-15,24H,6-7,9-10H2,1H3. The Kier molecular flexibility index (Phi) is 3.73. The summed E-state index contributed by atoms with van der Waals surface area (Å²) in [5, 5.41) is 11.4. The van der Waals surface area contributed by atoms with E-state index >= 15 is 0 Å². The molecular formula is C18H19ClFN3O. The lowest BCUT2D eigenvalue weighted by atomic mass is 9.80. The number of rotatable bonds is 2. The van der Waals surface area contributed by atoms with Crippen LogP contribution in [0.15, 0.2) is 30.3 Å². The summed E-state index contributed by atoms with van der Waals surface area (Å²) in [5.41, 5.74) is 0.711. The molecule has 0 amide bonds. The molecule has 2 unspecified atom stereocenters. The van der Waals surface area contributed by atoms with Gasteiger partial charge in [0.25, 0.3) is 0 Å². The van der Waals surface area contributed by atoms with Crippen LogP contribution < -0.4 is 4.90 Å². The average Bonchev–Trinajstić information content (AvgIpc) is 2.79. The molecule has 2 saturated heterocycles. The molecular weight excluding hydrogens is 329 g/mol. The van der Waals surface area contributed by atoms with Crippen LogP contribution in [0.4, 0.5) is 10.2 Å². The number of aryl methyl sites for hydroxylation is 1. The van der Waals surface area contributed by atoms with Gasteiger partial charge in [0.1, 0.15) is 11.6 Å². The van der Waals surface area contributed by atoms with Crippen molar-refractivity contribution in [3.63, 3.8) is 0 Å². The van der Waals surface area contributed by atoms with Crippen molar-refractivity contribution in [1.82, 2.24) is 9.97 Å². The lowest BCUT2D eigenvalue weighted by Gasteiger charge is -2.44. The van der Waals surface area contributed by atoms with Crippen molar-refractivity contribution in [2.75, 3.05) is 4.90 Å². The molecule has 24 heavy (non-hydrogen) atoms. The molecule has 1 N–H and O–H groups in total. The van der Waals surface area contributed by atoms with E-state index < -0.39 is 5.60 Å². The minimum Gasteiger partial charge on any atom is -0.385 e. The number of fused-ring (bicyclic) bond motifs is 2. The van der Waals surface area contributed by atoms with Gasteiger partial charge in [-0.25, -0.2) is 14.4 Å². The third-order valence-electron chi connectivity index (χ3n) is 5.23. The number of anilines is 1. The van der Waals surface area contributed by atoms with E-state index in [1.54, 1.807) is 12.1 Å². The predicted octanol–water partition coefficient (Wildman–Crippen LogP) is 3.60. The predicted molar refractivity (Wildman–Crippen MR) is 90.6 cm³/mol. The molecule has 0 radical (unpaired) electrons. The molecule has 1 aromatic carbocycles. The number of hydrogen-bond acceptors (Lipinski definition) is 4. The van der Waals surface area contributed by atoms with Crippen molar-refractivity contribution < 1.29 is 9.50 Å². The second-order valence-corrected chi connectivity index (χ2v) is 7.21. The molecule has 6 heteroatoms. The van der Waals surface area contributed by atoms with Gasteiger partial charge >= 0.3 is 0 Å². The summed E-state index contributed by atoms with van der Waals surface area (Å²) < 4.78 is 13.2. The van der Waals surface area contributed by atoms with E-state index in [0.29, 0.717) is 12.8 Å². The van der Waals surface area contributed by atoms with Gasteiger partial charge in [0.2, 0.25) is 5.28 Å². The SMILES string of the molecule is Cc1cc(N2C3CCC2CC(O)(c2ccc(F)cc2)C3)nc(Cl)n1. The molecule has 4 rings (SSSR count). The molecule has 2 bridgehead atoms. The fourth-order valence-electron chi connectivity index (χ4n) is 4.24. The molecule has 0 saturated carbocycles. The van der Waals surface area contributed by atoms with Gasteiger partial charge in [0.15, 0.2) is 0 Å². The minimum absolute atomic E-state index is 0.198. The number of nitrogens with zero attached hydrogens (tertiary/aromatic N) is 3. The van der Waals surface area contributed by atoms with E-state index in [-0.39, 0.29) is 23.2 Å². The maximum atomic E-state index is 13.2. The first-order valence-electron chi connectivity index (χ1n) is 8.22. The first kappa shape index (κ1) is 15.8. The van der Waals surface area contributed by atoms with Crippen LogP contribution in [0.5, 0.6) is 0 Å². The highest BCUT2D eigenvalue weighted by Gasteiger charge is 2.48. The highest BCUT2D eigenvalue weighted by Crippen LogP contribution is 2.47. The van der Waals surface area contributed by atoms with E-state index in [1.807, 2.05) is 13.0 Å². The van der Waals surface area contributed by atoms with Crippen LogP contribution in [0.25, 0.3) is 0 Å². The first-order valence-corrected chi connectivity index (χ1v) is 8.60. The van der Waals surface area contributed by atoms with Crippen LogP contribution >= 0.6 is 11.6 Å². The largest absolute Gasteiger partial charge is 0.385 e. The third kappa shape index (κ3) is 2.66. The molecule has 2 aromatic rings. The monoisotopic (exact) mass is 347 g/mol. The highest BCUT2D eigenvalue weighted by molar-refractivity contribution is 6.28. The topological polar surface area (TPSA) is 49.2 Å². The summed E-state index contributed by atoms with van der Waals surface area (Å²) in [7, 11) is 0. The van der Waals surface area contributed by atoms with Crippen molar-refractivity contribution in [3.05, 3.63) is 52.7 Å². The highest BCUT2D eigenvalue weighted by atomic mass is 35.5. The summed E-state index contributed by atoms with van der Waals surface area (Å²) in [6.07, 6.45) is 3.23.